The highest BCUT2D eigenvalue weighted by Gasteiger charge is 2.38. The molecule has 1 atom stereocenters. The predicted molar refractivity (Wildman–Crippen MR) is 90.0 cm³/mol. The fourth-order valence-electron chi connectivity index (χ4n) is 3.09. The molecule has 3 heteroatoms. The molecule has 0 bridgehead atoms. The predicted octanol–water partition coefficient (Wildman–Crippen LogP) is 4.62. The highest BCUT2D eigenvalue weighted by molar-refractivity contribution is 6.30. The Hall–Kier alpha value is -0.570. The average Bonchev–Trinajstić information content (AvgIpc) is 2.63. The lowest BCUT2D eigenvalue weighted by atomic mass is 9.85. The first-order chi connectivity index (χ1) is 9.90. The maximum absolute atomic E-state index is 6.16. The van der Waals surface area contributed by atoms with Gasteiger partial charge in [-0.25, -0.2) is 0 Å². The van der Waals surface area contributed by atoms with Gasteiger partial charge >= 0.3 is 0 Å². The van der Waals surface area contributed by atoms with E-state index in [9.17, 15) is 0 Å². The molecule has 0 fully saturated rings. The molecule has 0 aromatic heterocycles. The van der Waals surface area contributed by atoms with E-state index in [1.54, 1.807) is 0 Å². The van der Waals surface area contributed by atoms with Crippen LogP contribution in [0, 0.1) is 11.3 Å². The van der Waals surface area contributed by atoms with Crippen LogP contribution in [-0.4, -0.2) is 19.8 Å². The number of nitrogens with one attached hydrogen (secondary N) is 1. The standard InChI is InChI=1S/C18H28ClNO/c1-13(2)7-9-21-10-8-20-17-16-11-15(19)6-5-14(16)12-18(17,3)4/h5-6,11,13,17,20H,7-10,12H2,1-4H3. The van der Waals surface area contributed by atoms with Crippen molar-refractivity contribution in [1.82, 2.24) is 5.32 Å². The van der Waals surface area contributed by atoms with Gasteiger partial charge in [0.05, 0.1) is 6.61 Å². The van der Waals surface area contributed by atoms with E-state index in [0.29, 0.717) is 12.0 Å². The molecule has 1 unspecified atom stereocenters. The monoisotopic (exact) mass is 309 g/mol. The van der Waals surface area contributed by atoms with E-state index in [1.165, 1.54) is 11.1 Å². The molecule has 1 N–H and O–H groups in total. The first kappa shape index (κ1) is 16.8. The van der Waals surface area contributed by atoms with Crippen molar-refractivity contribution in [1.29, 1.82) is 0 Å². The van der Waals surface area contributed by atoms with Gasteiger partial charge < -0.3 is 10.1 Å². The number of fused-ring (bicyclic) bond motifs is 1. The summed E-state index contributed by atoms with van der Waals surface area (Å²) in [5, 5.41) is 4.49. The van der Waals surface area contributed by atoms with Crippen LogP contribution < -0.4 is 5.32 Å². The molecule has 2 nitrogen and oxygen atoms in total. The minimum Gasteiger partial charge on any atom is -0.380 e. The summed E-state index contributed by atoms with van der Waals surface area (Å²) < 4.78 is 5.70. The first-order valence-electron chi connectivity index (χ1n) is 7.99. The van der Waals surface area contributed by atoms with Gasteiger partial charge in [-0.2, -0.15) is 0 Å². The van der Waals surface area contributed by atoms with Gasteiger partial charge in [0, 0.05) is 24.2 Å². The number of hydrogen-bond acceptors (Lipinski definition) is 2. The maximum atomic E-state index is 6.16. The Morgan fingerprint density at radius 2 is 2.10 bits per heavy atom. The summed E-state index contributed by atoms with van der Waals surface area (Å²) in [5.74, 6) is 0.709. The van der Waals surface area contributed by atoms with E-state index in [4.69, 9.17) is 16.3 Å². The Balaban J connectivity index is 1.86. The molecule has 0 spiro atoms. The van der Waals surface area contributed by atoms with Gasteiger partial charge in [-0.05, 0) is 47.4 Å². The molecule has 0 saturated carbocycles. The summed E-state index contributed by atoms with van der Waals surface area (Å²) in [6.07, 6.45) is 2.23. The zero-order chi connectivity index (χ0) is 15.5. The second kappa shape index (κ2) is 7.13. The van der Waals surface area contributed by atoms with Crippen molar-refractivity contribution in [3.05, 3.63) is 34.3 Å². The number of benzene rings is 1. The molecule has 1 aliphatic rings. The first-order valence-corrected chi connectivity index (χ1v) is 8.37. The van der Waals surface area contributed by atoms with Crippen molar-refractivity contribution >= 4 is 11.6 Å². The van der Waals surface area contributed by atoms with Crippen LogP contribution in [0.3, 0.4) is 0 Å². The van der Waals surface area contributed by atoms with E-state index < -0.39 is 0 Å². The van der Waals surface area contributed by atoms with Gasteiger partial charge in [0.2, 0.25) is 0 Å². The fourth-order valence-corrected chi connectivity index (χ4v) is 3.27. The summed E-state index contributed by atoms with van der Waals surface area (Å²) >= 11 is 6.16. The van der Waals surface area contributed by atoms with Crippen molar-refractivity contribution in [3.8, 4) is 0 Å². The van der Waals surface area contributed by atoms with E-state index in [1.807, 2.05) is 6.07 Å². The van der Waals surface area contributed by atoms with Crippen LogP contribution >= 0.6 is 11.6 Å². The van der Waals surface area contributed by atoms with Crippen LogP contribution in [0.5, 0.6) is 0 Å². The smallest absolute Gasteiger partial charge is 0.0591 e. The Labute approximate surface area is 134 Å². The van der Waals surface area contributed by atoms with Gasteiger partial charge in [0.25, 0.3) is 0 Å². The number of hydrogen-bond donors (Lipinski definition) is 1. The van der Waals surface area contributed by atoms with Crippen molar-refractivity contribution < 1.29 is 4.74 Å². The topological polar surface area (TPSA) is 21.3 Å². The number of rotatable bonds is 7. The molecular weight excluding hydrogens is 282 g/mol. The van der Waals surface area contributed by atoms with Crippen LogP contribution in [0.25, 0.3) is 0 Å². The summed E-state index contributed by atoms with van der Waals surface area (Å²) in [5.41, 5.74) is 3.00. The van der Waals surface area contributed by atoms with Gasteiger partial charge in [-0.3, -0.25) is 0 Å². The lowest BCUT2D eigenvalue weighted by Gasteiger charge is -2.28. The van der Waals surface area contributed by atoms with Gasteiger partial charge in [-0.15, -0.1) is 0 Å². The third-order valence-electron chi connectivity index (χ3n) is 4.28. The molecule has 0 aliphatic heterocycles. The largest absolute Gasteiger partial charge is 0.380 e. The zero-order valence-electron chi connectivity index (χ0n) is 13.7. The van der Waals surface area contributed by atoms with Gasteiger partial charge in [0.1, 0.15) is 0 Å². The molecule has 0 amide bonds. The van der Waals surface area contributed by atoms with E-state index in [2.05, 4.69) is 45.1 Å². The molecule has 2 rings (SSSR count). The summed E-state index contributed by atoms with van der Waals surface area (Å²) in [6, 6.07) is 6.64. The van der Waals surface area contributed by atoms with Gasteiger partial charge in [0.15, 0.2) is 0 Å². The van der Waals surface area contributed by atoms with Crippen LogP contribution in [0.4, 0.5) is 0 Å². The molecule has 118 valence electrons. The molecule has 1 aromatic carbocycles. The third-order valence-corrected chi connectivity index (χ3v) is 4.52. The van der Waals surface area contributed by atoms with Gasteiger partial charge in [-0.1, -0.05) is 45.4 Å². The maximum Gasteiger partial charge on any atom is 0.0591 e. The summed E-state index contributed by atoms with van der Waals surface area (Å²) in [4.78, 5) is 0. The normalized spacial score (nSPS) is 20.0. The van der Waals surface area contributed by atoms with Crippen LogP contribution in [-0.2, 0) is 11.2 Å². The lowest BCUT2D eigenvalue weighted by molar-refractivity contribution is 0.118. The second-order valence-corrected chi connectivity index (χ2v) is 7.63. The number of ether oxygens (including phenoxy) is 1. The molecule has 0 radical (unpaired) electrons. The lowest BCUT2D eigenvalue weighted by Crippen LogP contribution is -2.33. The van der Waals surface area contributed by atoms with E-state index >= 15 is 0 Å². The highest BCUT2D eigenvalue weighted by Crippen LogP contribution is 2.45. The Morgan fingerprint density at radius 3 is 2.81 bits per heavy atom. The van der Waals surface area contributed by atoms with Crippen molar-refractivity contribution in [2.24, 2.45) is 11.3 Å². The molecule has 0 heterocycles. The van der Waals surface area contributed by atoms with Crippen molar-refractivity contribution in [2.45, 2.75) is 46.6 Å². The molecular formula is C18H28ClNO. The fraction of sp³-hybridized carbons (Fsp3) is 0.667. The average molecular weight is 310 g/mol. The van der Waals surface area contributed by atoms with Crippen molar-refractivity contribution in [2.75, 3.05) is 19.8 Å². The van der Waals surface area contributed by atoms with E-state index in [-0.39, 0.29) is 5.41 Å². The van der Waals surface area contributed by atoms with E-state index in [0.717, 1.165) is 37.6 Å². The third kappa shape index (κ3) is 4.45. The molecule has 1 aromatic rings. The second-order valence-electron chi connectivity index (χ2n) is 7.19. The van der Waals surface area contributed by atoms with Crippen LogP contribution in [0.15, 0.2) is 18.2 Å². The quantitative estimate of drug-likeness (QED) is 0.742. The molecule has 21 heavy (non-hydrogen) atoms. The van der Waals surface area contributed by atoms with Crippen LogP contribution in [0.1, 0.15) is 51.3 Å². The Kier molecular flexibility index (Phi) is 5.70. The zero-order valence-corrected chi connectivity index (χ0v) is 14.5. The number of halogens is 1. The summed E-state index contributed by atoms with van der Waals surface area (Å²) in [6.45, 7) is 11.6. The minimum atomic E-state index is 0.227. The SMILES string of the molecule is CC(C)CCOCCNC1c2cc(Cl)ccc2CC1(C)C. The minimum absolute atomic E-state index is 0.227. The summed E-state index contributed by atoms with van der Waals surface area (Å²) in [7, 11) is 0. The van der Waals surface area contributed by atoms with Crippen LogP contribution in [0.2, 0.25) is 5.02 Å². The highest BCUT2D eigenvalue weighted by atomic mass is 35.5. The molecule has 0 saturated heterocycles. The Bertz CT molecular complexity index is 470. The Morgan fingerprint density at radius 1 is 1.33 bits per heavy atom. The van der Waals surface area contributed by atoms with Crippen molar-refractivity contribution in [3.63, 3.8) is 0 Å². The molecule has 1 aliphatic carbocycles.